The van der Waals surface area contributed by atoms with Gasteiger partial charge in [-0.25, -0.2) is 10.2 Å². The Labute approximate surface area is 211 Å². The van der Waals surface area contributed by atoms with E-state index < -0.39 is 11.9 Å². The lowest BCUT2D eigenvalue weighted by Gasteiger charge is -2.07. The molecule has 2 N–H and O–H groups in total. The van der Waals surface area contributed by atoms with Crippen LogP contribution < -0.4 is 20.2 Å². The first kappa shape index (κ1) is 25.6. The normalized spacial score (nSPS) is 10.6. The highest BCUT2D eigenvalue weighted by Crippen LogP contribution is 2.16. The third-order valence-electron chi connectivity index (χ3n) is 4.57. The lowest BCUT2D eigenvalue weighted by atomic mass is 10.2. The zero-order valence-electron chi connectivity index (χ0n) is 19.0. The molecule has 2 amide bonds. The average molecular weight is 538 g/mol. The van der Waals surface area contributed by atoms with E-state index in [1.165, 1.54) is 6.21 Å². The van der Waals surface area contributed by atoms with Crippen molar-refractivity contribution in [3.05, 3.63) is 94.0 Å². The molecule has 0 saturated heterocycles. The van der Waals surface area contributed by atoms with Crippen LogP contribution in [0.2, 0.25) is 0 Å². The Morgan fingerprint density at radius 1 is 0.886 bits per heavy atom. The van der Waals surface area contributed by atoms with Crippen molar-refractivity contribution < 1.29 is 23.9 Å². The number of ether oxygens (including phenoxy) is 2. The highest BCUT2D eigenvalue weighted by Gasteiger charge is 2.09. The molecule has 3 aromatic carbocycles. The predicted molar refractivity (Wildman–Crippen MR) is 136 cm³/mol. The van der Waals surface area contributed by atoms with Gasteiger partial charge in [-0.3, -0.25) is 9.59 Å². The smallest absolute Gasteiger partial charge is 0.343 e. The summed E-state index contributed by atoms with van der Waals surface area (Å²) in [5.74, 6) is -0.246. The lowest BCUT2D eigenvalue weighted by molar-refractivity contribution is -0.120. The van der Waals surface area contributed by atoms with Crippen molar-refractivity contribution in [3.8, 4) is 11.5 Å². The van der Waals surface area contributed by atoms with Crippen LogP contribution in [0.5, 0.6) is 11.5 Å². The van der Waals surface area contributed by atoms with Gasteiger partial charge in [-0.1, -0.05) is 22.9 Å². The molecule has 0 radical (unpaired) electrons. The Kier molecular flexibility index (Phi) is 9.56. The predicted octanol–water partition coefficient (Wildman–Crippen LogP) is 4.34. The number of nitrogens with one attached hydrogen (secondary N) is 2. The molecule has 0 aliphatic heterocycles. The fourth-order valence-electron chi connectivity index (χ4n) is 2.78. The van der Waals surface area contributed by atoms with E-state index >= 15 is 0 Å². The van der Waals surface area contributed by atoms with Crippen LogP contribution in [-0.4, -0.2) is 37.1 Å². The van der Waals surface area contributed by atoms with Crippen molar-refractivity contribution in [3.63, 3.8) is 0 Å². The van der Waals surface area contributed by atoms with Crippen molar-refractivity contribution in [1.82, 2.24) is 10.7 Å². The van der Waals surface area contributed by atoms with E-state index in [2.05, 4.69) is 31.8 Å². The zero-order chi connectivity index (χ0) is 25.0. The summed E-state index contributed by atoms with van der Waals surface area (Å²) in [7, 11) is 0. The van der Waals surface area contributed by atoms with Gasteiger partial charge in [0.25, 0.3) is 11.8 Å². The van der Waals surface area contributed by atoms with Gasteiger partial charge in [0.05, 0.1) is 24.9 Å². The summed E-state index contributed by atoms with van der Waals surface area (Å²) in [6.07, 6.45) is 2.34. The Hall–Kier alpha value is -3.98. The monoisotopic (exact) mass is 537 g/mol. The molecular weight excluding hydrogens is 514 g/mol. The standard InChI is InChI=1S/C26H24BrN3O5/c1-2-15-34-22-13-7-19(8-14-22)25(32)28-17-24(31)30-29-16-18-3-11-23(12-4-18)35-26(33)20-5-9-21(27)10-6-20/h3-14,16H,2,15,17H2,1H3,(H,28,32)(H,30,31)/b29-16-. The Morgan fingerprint density at radius 3 is 2.17 bits per heavy atom. The van der Waals surface area contributed by atoms with E-state index in [4.69, 9.17) is 9.47 Å². The van der Waals surface area contributed by atoms with Gasteiger partial charge in [0, 0.05) is 10.0 Å². The number of esters is 1. The molecule has 180 valence electrons. The van der Waals surface area contributed by atoms with Gasteiger partial charge in [-0.2, -0.15) is 5.10 Å². The number of benzene rings is 3. The summed E-state index contributed by atoms with van der Waals surface area (Å²) in [5, 5.41) is 6.41. The molecule has 0 heterocycles. The summed E-state index contributed by atoms with van der Waals surface area (Å²) in [6, 6.07) is 20.2. The van der Waals surface area contributed by atoms with Crippen LogP contribution in [0.4, 0.5) is 0 Å². The summed E-state index contributed by atoms with van der Waals surface area (Å²) >= 11 is 3.32. The van der Waals surface area contributed by atoms with E-state index in [1.54, 1.807) is 72.8 Å². The Balaban J connectivity index is 1.41. The zero-order valence-corrected chi connectivity index (χ0v) is 20.6. The number of carbonyl (C=O) groups excluding carboxylic acids is 3. The van der Waals surface area contributed by atoms with Crippen LogP contribution in [-0.2, 0) is 4.79 Å². The first-order valence-electron chi connectivity index (χ1n) is 10.9. The van der Waals surface area contributed by atoms with Crippen LogP contribution in [0.25, 0.3) is 0 Å². The summed E-state index contributed by atoms with van der Waals surface area (Å²) in [6.45, 7) is 2.39. The molecule has 9 heteroatoms. The van der Waals surface area contributed by atoms with E-state index in [-0.39, 0.29) is 12.5 Å². The molecule has 3 rings (SSSR count). The highest BCUT2D eigenvalue weighted by molar-refractivity contribution is 9.10. The molecule has 35 heavy (non-hydrogen) atoms. The SMILES string of the molecule is CCCOc1ccc(C(=O)NCC(=O)N/N=C\c2ccc(OC(=O)c3ccc(Br)cc3)cc2)cc1. The van der Waals surface area contributed by atoms with Crippen LogP contribution >= 0.6 is 15.9 Å². The van der Waals surface area contributed by atoms with Gasteiger partial charge < -0.3 is 14.8 Å². The quantitative estimate of drug-likeness (QED) is 0.173. The van der Waals surface area contributed by atoms with Crippen molar-refractivity contribution in [2.24, 2.45) is 5.10 Å². The second-order valence-corrected chi connectivity index (χ2v) is 8.23. The molecule has 8 nitrogen and oxygen atoms in total. The molecule has 0 aliphatic carbocycles. The van der Waals surface area contributed by atoms with Crippen molar-refractivity contribution in [2.75, 3.05) is 13.2 Å². The molecule has 0 fully saturated rings. The number of amides is 2. The Morgan fingerprint density at radius 2 is 1.51 bits per heavy atom. The summed E-state index contributed by atoms with van der Waals surface area (Å²) in [5.41, 5.74) is 3.89. The fraction of sp³-hybridized carbons (Fsp3) is 0.154. The second kappa shape index (κ2) is 13.0. The van der Waals surface area contributed by atoms with Crippen molar-refractivity contribution in [2.45, 2.75) is 13.3 Å². The van der Waals surface area contributed by atoms with Crippen LogP contribution in [0.1, 0.15) is 39.6 Å². The number of carbonyl (C=O) groups is 3. The van der Waals surface area contributed by atoms with Gasteiger partial charge >= 0.3 is 5.97 Å². The number of rotatable bonds is 10. The number of nitrogens with zero attached hydrogens (tertiary/aromatic N) is 1. The lowest BCUT2D eigenvalue weighted by Crippen LogP contribution is -2.34. The maximum Gasteiger partial charge on any atom is 0.343 e. The average Bonchev–Trinajstić information content (AvgIpc) is 2.87. The summed E-state index contributed by atoms with van der Waals surface area (Å²) in [4.78, 5) is 36.3. The number of hydrogen-bond donors (Lipinski definition) is 2. The second-order valence-electron chi connectivity index (χ2n) is 7.31. The molecule has 0 bridgehead atoms. The van der Waals surface area contributed by atoms with E-state index in [0.29, 0.717) is 34.8 Å². The van der Waals surface area contributed by atoms with E-state index in [9.17, 15) is 14.4 Å². The van der Waals surface area contributed by atoms with E-state index in [1.807, 2.05) is 6.92 Å². The molecule has 0 unspecified atom stereocenters. The largest absolute Gasteiger partial charge is 0.494 e. The maximum atomic E-state index is 12.2. The third-order valence-corrected chi connectivity index (χ3v) is 5.10. The molecule has 0 saturated carbocycles. The molecule has 0 aromatic heterocycles. The number of hydrogen-bond acceptors (Lipinski definition) is 6. The molecule has 0 atom stereocenters. The van der Waals surface area contributed by atoms with Crippen molar-refractivity contribution >= 4 is 39.9 Å². The Bertz CT molecular complexity index is 1180. The minimum Gasteiger partial charge on any atom is -0.494 e. The van der Waals surface area contributed by atoms with Gasteiger partial charge in [0.1, 0.15) is 11.5 Å². The van der Waals surface area contributed by atoms with Crippen LogP contribution in [0, 0.1) is 0 Å². The first-order chi connectivity index (χ1) is 16.9. The topological polar surface area (TPSA) is 106 Å². The first-order valence-corrected chi connectivity index (χ1v) is 11.6. The minimum absolute atomic E-state index is 0.227. The molecule has 0 aliphatic rings. The third kappa shape index (κ3) is 8.38. The molecule has 0 spiro atoms. The fourth-order valence-corrected chi connectivity index (χ4v) is 3.04. The number of hydrazone groups is 1. The number of halogens is 1. The van der Waals surface area contributed by atoms with Crippen LogP contribution in [0.3, 0.4) is 0 Å². The molecule has 3 aromatic rings. The van der Waals surface area contributed by atoms with Gasteiger partial charge in [0.2, 0.25) is 0 Å². The highest BCUT2D eigenvalue weighted by atomic mass is 79.9. The van der Waals surface area contributed by atoms with Gasteiger partial charge in [-0.05, 0) is 84.8 Å². The van der Waals surface area contributed by atoms with Gasteiger partial charge in [0.15, 0.2) is 0 Å². The van der Waals surface area contributed by atoms with Crippen molar-refractivity contribution in [1.29, 1.82) is 0 Å². The molecular formula is C26H24BrN3O5. The van der Waals surface area contributed by atoms with Gasteiger partial charge in [-0.15, -0.1) is 0 Å². The summed E-state index contributed by atoms with van der Waals surface area (Å²) < 4.78 is 11.7. The van der Waals surface area contributed by atoms with Crippen LogP contribution in [0.15, 0.2) is 82.4 Å². The minimum atomic E-state index is -0.474. The maximum absolute atomic E-state index is 12.2. The van der Waals surface area contributed by atoms with E-state index in [0.717, 1.165) is 10.9 Å².